The minimum absolute atomic E-state index is 0.00569. The van der Waals surface area contributed by atoms with Gasteiger partial charge in [0.2, 0.25) is 0 Å². The molecule has 2 aromatic rings. The Morgan fingerprint density at radius 3 is 2.39 bits per heavy atom. The first-order chi connectivity index (χ1) is 8.54. The van der Waals surface area contributed by atoms with E-state index in [1.165, 1.54) is 0 Å². The summed E-state index contributed by atoms with van der Waals surface area (Å²) in [6, 6.07) is 8.09. The van der Waals surface area contributed by atoms with Gasteiger partial charge < -0.3 is 5.11 Å². The molecule has 3 nitrogen and oxygen atoms in total. The molecule has 0 amide bonds. The van der Waals surface area contributed by atoms with Crippen LogP contribution in [0, 0.1) is 0 Å². The fraction of sp³-hybridized carbons (Fsp3) is 0.250. The van der Waals surface area contributed by atoms with Crippen molar-refractivity contribution in [3.05, 3.63) is 47.8 Å². The average molecular weight is 256 g/mol. The molecule has 0 aliphatic carbocycles. The van der Waals surface area contributed by atoms with Crippen molar-refractivity contribution < 1.29 is 18.3 Å². The van der Waals surface area contributed by atoms with Gasteiger partial charge in [-0.05, 0) is 18.6 Å². The lowest BCUT2D eigenvalue weighted by Gasteiger charge is -2.12. The van der Waals surface area contributed by atoms with Crippen molar-refractivity contribution in [3.8, 4) is 5.69 Å². The van der Waals surface area contributed by atoms with E-state index in [0.29, 0.717) is 5.69 Å². The van der Waals surface area contributed by atoms with Crippen LogP contribution in [-0.2, 0) is 12.6 Å². The summed E-state index contributed by atoms with van der Waals surface area (Å²) in [5, 5.41) is 12.5. The number of hydrogen-bond acceptors (Lipinski definition) is 2. The number of aliphatic hydroxyl groups is 1. The monoisotopic (exact) mass is 256 g/mol. The van der Waals surface area contributed by atoms with Crippen LogP contribution in [0.1, 0.15) is 11.3 Å². The first kappa shape index (κ1) is 12.6. The Kier molecular flexibility index (Phi) is 3.38. The molecule has 0 atom stereocenters. The van der Waals surface area contributed by atoms with E-state index in [1.807, 2.05) is 0 Å². The summed E-state index contributed by atoms with van der Waals surface area (Å²) in [6.45, 7) is -0.344. The number of aliphatic hydroxyl groups excluding tert-OH is 1. The standard InChI is InChI=1S/C12H11F3N2O/c13-12(14,15)11-9(6-7-18)8-16-17(11)10-4-2-1-3-5-10/h1-5,8,18H,6-7H2. The molecular formula is C12H11F3N2O. The summed E-state index contributed by atoms with van der Waals surface area (Å²) >= 11 is 0. The van der Waals surface area contributed by atoms with Gasteiger partial charge in [0.25, 0.3) is 0 Å². The van der Waals surface area contributed by atoms with Crippen molar-refractivity contribution in [2.75, 3.05) is 6.61 Å². The number of rotatable bonds is 3. The molecule has 0 saturated heterocycles. The predicted octanol–water partition coefficient (Wildman–Crippen LogP) is 2.43. The van der Waals surface area contributed by atoms with Crippen molar-refractivity contribution in [2.45, 2.75) is 12.6 Å². The summed E-state index contributed by atoms with van der Waals surface area (Å²) in [6.07, 6.45) is -3.43. The Balaban J connectivity index is 2.55. The third kappa shape index (κ3) is 2.38. The van der Waals surface area contributed by atoms with E-state index in [2.05, 4.69) is 5.10 Å². The maximum atomic E-state index is 13.0. The van der Waals surface area contributed by atoms with Gasteiger partial charge in [-0.1, -0.05) is 18.2 Å². The third-order valence-corrected chi connectivity index (χ3v) is 2.50. The van der Waals surface area contributed by atoms with Crippen molar-refractivity contribution in [3.63, 3.8) is 0 Å². The van der Waals surface area contributed by atoms with E-state index in [1.54, 1.807) is 30.3 Å². The molecule has 96 valence electrons. The van der Waals surface area contributed by atoms with Gasteiger partial charge in [0.15, 0.2) is 5.69 Å². The zero-order chi connectivity index (χ0) is 13.2. The van der Waals surface area contributed by atoms with Crippen molar-refractivity contribution >= 4 is 0 Å². The number of halogens is 3. The van der Waals surface area contributed by atoms with Gasteiger partial charge in [-0.3, -0.25) is 0 Å². The first-order valence-electron chi connectivity index (χ1n) is 5.34. The average Bonchev–Trinajstić information content (AvgIpc) is 2.74. The van der Waals surface area contributed by atoms with Crippen LogP contribution in [0.5, 0.6) is 0 Å². The zero-order valence-corrected chi connectivity index (χ0v) is 9.35. The molecule has 2 rings (SSSR count). The molecule has 1 N–H and O–H groups in total. The predicted molar refractivity (Wildman–Crippen MR) is 59.4 cm³/mol. The molecule has 1 aromatic heterocycles. The van der Waals surface area contributed by atoms with Gasteiger partial charge in [0, 0.05) is 12.2 Å². The summed E-state index contributed by atoms with van der Waals surface area (Å²) in [5.74, 6) is 0. The van der Waals surface area contributed by atoms with Crippen LogP contribution in [-0.4, -0.2) is 21.5 Å². The molecule has 1 heterocycles. The first-order valence-corrected chi connectivity index (χ1v) is 5.34. The normalized spacial score (nSPS) is 11.8. The summed E-state index contributed by atoms with van der Waals surface area (Å²) < 4.78 is 39.9. The van der Waals surface area contributed by atoms with Gasteiger partial charge in [0.05, 0.1) is 11.9 Å². The van der Waals surface area contributed by atoms with Crippen molar-refractivity contribution in [2.24, 2.45) is 0 Å². The van der Waals surface area contributed by atoms with E-state index in [-0.39, 0.29) is 18.6 Å². The molecule has 0 radical (unpaired) electrons. The number of aromatic nitrogens is 2. The molecule has 0 aliphatic rings. The highest BCUT2D eigenvalue weighted by Gasteiger charge is 2.38. The van der Waals surface area contributed by atoms with Crippen LogP contribution < -0.4 is 0 Å². The minimum atomic E-state index is -4.50. The Bertz CT molecular complexity index is 520. The smallest absolute Gasteiger partial charge is 0.396 e. The second-order valence-electron chi connectivity index (χ2n) is 3.74. The molecule has 6 heteroatoms. The Morgan fingerprint density at radius 2 is 1.83 bits per heavy atom. The zero-order valence-electron chi connectivity index (χ0n) is 9.35. The van der Waals surface area contributed by atoms with Crippen LogP contribution >= 0.6 is 0 Å². The van der Waals surface area contributed by atoms with E-state index >= 15 is 0 Å². The molecule has 0 spiro atoms. The largest absolute Gasteiger partial charge is 0.433 e. The Hall–Kier alpha value is -1.82. The van der Waals surface area contributed by atoms with Crippen LogP contribution in [0.2, 0.25) is 0 Å². The number of nitrogens with zero attached hydrogens (tertiary/aromatic N) is 2. The maximum absolute atomic E-state index is 13.0. The number of alkyl halides is 3. The lowest BCUT2D eigenvalue weighted by molar-refractivity contribution is -0.143. The fourth-order valence-corrected chi connectivity index (χ4v) is 1.75. The van der Waals surface area contributed by atoms with E-state index in [0.717, 1.165) is 10.9 Å². The SMILES string of the molecule is OCCc1cnn(-c2ccccc2)c1C(F)(F)F. The molecular weight excluding hydrogens is 245 g/mol. The summed E-state index contributed by atoms with van der Waals surface area (Å²) in [7, 11) is 0. The Morgan fingerprint density at radius 1 is 1.17 bits per heavy atom. The topological polar surface area (TPSA) is 38.1 Å². The second kappa shape index (κ2) is 4.81. The quantitative estimate of drug-likeness (QED) is 0.915. The molecule has 18 heavy (non-hydrogen) atoms. The molecule has 1 aromatic carbocycles. The third-order valence-electron chi connectivity index (χ3n) is 2.50. The molecule has 0 fully saturated rings. The van der Waals surface area contributed by atoms with Gasteiger partial charge in [0.1, 0.15) is 0 Å². The van der Waals surface area contributed by atoms with E-state index in [4.69, 9.17) is 5.11 Å². The second-order valence-corrected chi connectivity index (χ2v) is 3.74. The van der Waals surface area contributed by atoms with Crippen LogP contribution in [0.4, 0.5) is 13.2 Å². The molecule has 0 bridgehead atoms. The van der Waals surface area contributed by atoms with Gasteiger partial charge in [-0.15, -0.1) is 0 Å². The molecule has 0 aliphatic heterocycles. The lowest BCUT2D eigenvalue weighted by atomic mass is 10.2. The lowest BCUT2D eigenvalue weighted by Crippen LogP contribution is -2.15. The van der Waals surface area contributed by atoms with Crippen LogP contribution in [0.3, 0.4) is 0 Å². The number of para-hydroxylation sites is 1. The summed E-state index contributed by atoms with van der Waals surface area (Å²) in [4.78, 5) is 0. The fourth-order valence-electron chi connectivity index (χ4n) is 1.75. The highest BCUT2D eigenvalue weighted by molar-refractivity contribution is 5.36. The Labute approximate surface area is 101 Å². The van der Waals surface area contributed by atoms with Crippen LogP contribution in [0.25, 0.3) is 5.69 Å². The highest BCUT2D eigenvalue weighted by Crippen LogP contribution is 2.33. The van der Waals surface area contributed by atoms with Gasteiger partial charge in [-0.2, -0.15) is 18.3 Å². The minimum Gasteiger partial charge on any atom is -0.396 e. The molecule has 0 saturated carbocycles. The van der Waals surface area contributed by atoms with Crippen molar-refractivity contribution in [1.29, 1.82) is 0 Å². The molecule has 0 unspecified atom stereocenters. The van der Waals surface area contributed by atoms with E-state index < -0.39 is 11.9 Å². The van der Waals surface area contributed by atoms with Crippen molar-refractivity contribution in [1.82, 2.24) is 9.78 Å². The van der Waals surface area contributed by atoms with Gasteiger partial charge in [-0.25, -0.2) is 4.68 Å². The number of hydrogen-bond donors (Lipinski definition) is 1. The maximum Gasteiger partial charge on any atom is 0.433 e. The van der Waals surface area contributed by atoms with Gasteiger partial charge >= 0.3 is 6.18 Å². The number of benzene rings is 1. The van der Waals surface area contributed by atoms with Crippen LogP contribution in [0.15, 0.2) is 36.5 Å². The summed E-state index contributed by atoms with van der Waals surface area (Å²) in [5.41, 5.74) is -0.495. The highest BCUT2D eigenvalue weighted by atomic mass is 19.4. The van der Waals surface area contributed by atoms with E-state index in [9.17, 15) is 13.2 Å².